The molecule has 0 radical (unpaired) electrons. The van der Waals surface area contributed by atoms with Crippen LogP contribution in [0, 0.1) is 6.92 Å². The van der Waals surface area contributed by atoms with Gasteiger partial charge in [-0.05, 0) is 51.3 Å². The van der Waals surface area contributed by atoms with Crippen molar-refractivity contribution in [3.8, 4) is 5.75 Å². The number of hydrogen-bond donors (Lipinski definition) is 4. The molecule has 37 heavy (non-hydrogen) atoms. The summed E-state index contributed by atoms with van der Waals surface area (Å²) in [4.78, 5) is 22.6. The normalized spacial score (nSPS) is 14.7. The average molecular weight is 515 g/mol. The Bertz CT molecular complexity index is 1070. The molecular weight excluding hydrogens is 472 g/mol. The zero-order valence-electron chi connectivity index (χ0n) is 22.9. The maximum Gasteiger partial charge on any atom is 0.410 e. The van der Waals surface area contributed by atoms with Crippen LogP contribution >= 0.6 is 0 Å². The van der Waals surface area contributed by atoms with Crippen LogP contribution in [0.5, 0.6) is 5.75 Å². The standard InChI is InChI=1S/C27H42N6O4/c1-7-8-20(16-34)31-24-22(17(2)30-25(28)32-24)12-19-10-9-18(11-23(19)36-6)13-29-21-14-33(15-21)26(35)37-27(3,4)5/h9-11,20-21,29,34H,7-8,12-16H2,1-6H3,(H3,28,30,31,32). The van der Waals surface area contributed by atoms with Gasteiger partial charge in [0.15, 0.2) is 0 Å². The first-order valence-corrected chi connectivity index (χ1v) is 12.9. The minimum atomic E-state index is -0.488. The molecule has 1 aliphatic rings. The van der Waals surface area contributed by atoms with E-state index in [0.717, 1.165) is 41.0 Å². The number of likely N-dealkylation sites (tertiary alicyclic amines) is 1. The van der Waals surface area contributed by atoms with Gasteiger partial charge in [0.2, 0.25) is 5.95 Å². The van der Waals surface area contributed by atoms with Gasteiger partial charge in [-0.25, -0.2) is 9.78 Å². The van der Waals surface area contributed by atoms with Gasteiger partial charge in [-0.1, -0.05) is 25.5 Å². The molecule has 1 fully saturated rings. The number of aryl methyl sites for hydroxylation is 1. The summed E-state index contributed by atoms with van der Waals surface area (Å²) in [5, 5.41) is 16.6. The molecule has 1 saturated heterocycles. The van der Waals surface area contributed by atoms with Crippen LogP contribution in [-0.4, -0.2) is 70.6 Å². The van der Waals surface area contributed by atoms with Gasteiger partial charge in [0.1, 0.15) is 17.2 Å². The number of ether oxygens (including phenoxy) is 2. The molecule has 3 rings (SSSR count). The number of carbonyl (C=O) groups is 1. The molecule has 1 unspecified atom stereocenters. The number of nitrogen functional groups attached to an aromatic ring is 1. The number of nitrogens with zero attached hydrogens (tertiary/aromatic N) is 3. The largest absolute Gasteiger partial charge is 0.496 e. The van der Waals surface area contributed by atoms with E-state index < -0.39 is 5.60 Å². The lowest BCUT2D eigenvalue weighted by Crippen LogP contribution is -2.60. The van der Waals surface area contributed by atoms with Crippen molar-refractivity contribution in [2.45, 2.75) is 78.1 Å². The molecule has 1 atom stereocenters. The van der Waals surface area contributed by atoms with Gasteiger partial charge in [-0.15, -0.1) is 0 Å². The number of hydrogen-bond acceptors (Lipinski definition) is 9. The Balaban J connectivity index is 1.65. The fourth-order valence-corrected chi connectivity index (χ4v) is 4.28. The lowest BCUT2D eigenvalue weighted by Gasteiger charge is -2.40. The Labute approximate surface area is 220 Å². The number of carbonyl (C=O) groups excluding carboxylic acids is 1. The second-order valence-electron chi connectivity index (χ2n) is 10.6. The van der Waals surface area contributed by atoms with E-state index in [9.17, 15) is 9.90 Å². The highest BCUT2D eigenvalue weighted by atomic mass is 16.6. The lowest BCUT2D eigenvalue weighted by atomic mass is 10.0. The minimum Gasteiger partial charge on any atom is -0.496 e. The van der Waals surface area contributed by atoms with Crippen molar-refractivity contribution in [1.29, 1.82) is 0 Å². The second-order valence-corrected chi connectivity index (χ2v) is 10.6. The number of benzene rings is 1. The number of nitrogens with one attached hydrogen (secondary N) is 2. The summed E-state index contributed by atoms with van der Waals surface area (Å²) in [5.41, 5.74) is 9.24. The first-order chi connectivity index (χ1) is 17.5. The Kier molecular flexibility index (Phi) is 9.56. The van der Waals surface area contributed by atoms with Crippen molar-refractivity contribution in [2.75, 3.05) is 37.9 Å². The quantitative estimate of drug-likeness (QED) is 0.356. The van der Waals surface area contributed by atoms with Crippen molar-refractivity contribution in [2.24, 2.45) is 0 Å². The van der Waals surface area contributed by atoms with E-state index in [-0.39, 0.29) is 30.7 Å². The molecule has 1 aliphatic heterocycles. The number of nitrogens with two attached hydrogens (primary N) is 1. The SMILES string of the molecule is CCCC(CO)Nc1nc(N)nc(C)c1Cc1ccc(CNC2CN(C(=O)OC(C)(C)C)C2)cc1OC. The maximum atomic E-state index is 12.1. The predicted molar refractivity (Wildman–Crippen MR) is 145 cm³/mol. The van der Waals surface area contributed by atoms with Crippen molar-refractivity contribution in [1.82, 2.24) is 20.2 Å². The Hall–Kier alpha value is -3.11. The van der Waals surface area contributed by atoms with Gasteiger partial charge in [0.25, 0.3) is 0 Å². The summed E-state index contributed by atoms with van der Waals surface area (Å²) in [6, 6.07) is 6.28. The summed E-state index contributed by atoms with van der Waals surface area (Å²) in [5.74, 6) is 1.62. The Morgan fingerprint density at radius 3 is 2.65 bits per heavy atom. The van der Waals surface area contributed by atoms with Gasteiger partial charge >= 0.3 is 6.09 Å². The van der Waals surface area contributed by atoms with Crippen LogP contribution in [0.3, 0.4) is 0 Å². The topological polar surface area (TPSA) is 135 Å². The van der Waals surface area contributed by atoms with Crippen LogP contribution in [0.15, 0.2) is 18.2 Å². The van der Waals surface area contributed by atoms with Crippen LogP contribution in [0.2, 0.25) is 0 Å². The van der Waals surface area contributed by atoms with E-state index in [0.29, 0.717) is 31.9 Å². The highest BCUT2D eigenvalue weighted by molar-refractivity contribution is 5.69. The smallest absolute Gasteiger partial charge is 0.410 e. The molecular formula is C27H42N6O4. The van der Waals surface area contributed by atoms with Crippen molar-refractivity contribution < 1.29 is 19.4 Å². The first kappa shape index (κ1) is 28.5. The van der Waals surface area contributed by atoms with E-state index in [1.54, 1.807) is 12.0 Å². The third kappa shape index (κ3) is 7.93. The van der Waals surface area contributed by atoms with E-state index in [2.05, 4.69) is 39.7 Å². The highest BCUT2D eigenvalue weighted by Gasteiger charge is 2.33. The fraction of sp³-hybridized carbons (Fsp3) is 0.593. The molecule has 1 aromatic heterocycles. The summed E-state index contributed by atoms with van der Waals surface area (Å²) >= 11 is 0. The molecule has 204 valence electrons. The van der Waals surface area contributed by atoms with Crippen molar-refractivity contribution >= 4 is 17.9 Å². The first-order valence-electron chi connectivity index (χ1n) is 12.9. The predicted octanol–water partition coefficient (Wildman–Crippen LogP) is 3.25. The molecule has 1 aromatic carbocycles. The van der Waals surface area contributed by atoms with Crippen LogP contribution in [0.25, 0.3) is 0 Å². The molecule has 0 aliphatic carbocycles. The molecule has 5 N–H and O–H groups in total. The van der Waals surface area contributed by atoms with Crippen molar-refractivity contribution in [3.63, 3.8) is 0 Å². The zero-order valence-corrected chi connectivity index (χ0v) is 22.9. The Morgan fingerprint density at radius 2 is 2.03 bits per heavy atom. The van der Waals surface area contributed by atoms with Crippen LogP contribution in [0.4, 0.5) is 16.6 Å². The van der Waals surface area contributed by atoms with E-state index in [1.807, 2.05) is 33.8 Å². The number of aliphatic hydroxyl groups is 1. The third-order valence-electron chi connectivity index (χ3n) is 6.28. The van der Waals surface area contributed by atoms with Crippen LogP contribution in [-0.2, 0) is 17.7 Å². The summed E-state index contributed by atoms with van der Waals surface area (Å²) in [6.07, 6.45) is 2.05. The minimum absolute atomic E-state index is 0.0117. The molecule has 10 heteroatoms. The summed E-state index contributed by atoms with van der Waals surface area (Å²) in [6.45, 7) is 11.5. The number of rotatable bonds is 11. The molecule has 10 nitrogen and oxygen atoms in total. The fourth-order valence-electron chi connectivity index (χ4n) is 4.28. The third-order valence-corrected chi connectivity index (χ3v) is 6.28. The summed E-state index contributed by atoms with van der Waals surface area (Å²) in [7, 11) is 1.66. The van der Waals surface area contributed by atoms with Gasteiger partial charge in [-0.3, -0.25) is 0 Å². The van der Waals surface area contributed by atoms with E-state index in [1.165, 1.54) is 0 Å². The number of aromatic nitrogens is 2. The molecule has 1 amide bonds. The van der Waals surface area contributed by atoms with Gasteiger partial charge in [-0.2, -0.15) is 4.98 Å². The molecule has 2 heterocycles. The molecule has 0 bridgehead atoms. The van der Waals surface area contributed by atoms with Crippen LogP contribution < -0.4 is 21.1 Å². The zero-order chi connectivity index (χ0) is 27.2. The van der Waals surface area contributed by atoms with Crippen LogP contribution in [0.1, 0.15) is 62.9 Å². The van der Waals surface area contributed by atoms with E-state index >= 15 is 0 Å². The van der Waals surface area contributed by atoms with E-state index in [4.69, 9.17) is 15.2 Å². The molecule has 2 aromatic rings. The summed E-state index contributed by atoms with van der Waals surface area (Å²) < 4.78 is 11.1. The Morgan fingerprint density at radius 1 is 1.30 bits per heavy atom. The van der Waals surface area contributed by atoms with Gasteiger partial charge in [0.05, 0.1) is 19.8 Å². The number of anilines is 2. The number of amides is 1. The van der Waals surface area contributed by atoms with Crippen molar-refractivity contribution in [3.05, 3.63) is 40.6 Å². The monoisotopic (exact) mass is 514 g/mol. The molecule has 0 spiro atoms. The number of methoxy groups -OCH3 is 1. The second kappa shape index (κ2) is 12.4. The van der Waals surface area contributed by atoms with Gasteiger partial charge < -0.3 is 35.8 Å². The molecule has 0 saturated carbocycles. The average Bonchev–Trinajstić information content (AvgIpc) is 2.79. The maximum absolute atomic E-state index is 12.1. The van der Waals surface area contributed by atoms with Gasteiger partial charge in [0, 0.05) is 43.4 Å². The number of aliphatic hydroxyl groups excluding tert-OH is 1. The highest BCUT2D eigenvalue weighted by Crippen LogP contribution is 2.28. The lowest BCUT2D eigenvalue weighted by molar-refractivity contribution is 0.00518.